The third-order valence-electron chi connectivity index (χ3n) is 5.06. The molecule has 1 N–H and O–H groups in total. The monoisotopic (exact) mass is 428 g/mol. The Hall–Kier alpha value is -4.06. The smallest absolute Gasteiger partial charge is 0.248 e. The minimum atomic E-state index is -0.238. The normalized spacial score (nSPS) is 11.4. The standard InChI is InChI=1S/C26H24N2O4/c1-4-31-24-14-25-22(23(16-32-25)18-7-5-9-20(12-18)30-3)13-21(24)17(2)11-26(29)28-19-8-6-10-27-15-19/h5-16H,4H2,1-3H3,(H,28,29)/b17-11+. The van der Waals surface area contributed by atoms with E-state index in [1.165, 1.54) is 0 Å². The summed E-state index contributed by atoms with van der Waals surface area (Å²) < 4.78 is 17.0. The van der Waals surface area contributed by atoms with Gasteiger partial charge in [-0.25, -0.2) is 0 Å². The van der Waals surface area contributed by atoms with Crippen molar-refractivity contribution in [2.24, 2.45) is 0 Å². The maximum Gasteiger partial charge on any atom is 0.248 e. The number of carbonyl (C=O) groups excluding carboxylic acids is 1. The number of benzene rings is 2. The molecule has 0 aliphatic heterocycles. The van der Waals surface area contributed by atoms with Crippen LogP contribution in [0.4, 0.5) is 5.69 Å². The van der Waals surface area contributed by atoms with Crippen LogP contribution >= 0.6 is 0 Å². The zero-order valence-electron chi connectivity index (χ0n) is 18.2. The van der Waals surface area contributed by atoms with Gasteiger partial charge in [0.1, 0.15) is 17.1 Å². The first-order valence-corrected chi connectivity index (χ1v) is 10.3. The zero-order valence-corrected chi connectivity index (χ0v) is 18.2. The number of pyridine rings is 1. The van der Waals surface area contributed by atoms with E-state index >= 15 is 0 Å². The molecular formula is C26H24N2O4. The maximum absolute atomic E-state index is 12.5. The summed E-state index contributed by atoms with van der Waals surface area (Å²) in [6.07, 6.45) is 6.55. The van der Waals surface area contributed by atoms with Gasteiger partial charge in [0.25, 0.3) is 0 Å². The Morgan fingerprint density at radius 1 is 1.19 bits per heavy atom. The van der Waals surface area contributed by atoms with Crippen LogP contribution in [0, 0.1) is 0 Å². The number of rotatable bonds is 7. The van der Waals surface area contributed by atoms with Crippen LogP contribution in [0.3, 0.4) is 0 Å². The number of allylic oxidation sites excluding steroid dienone is 1. The SMILES string of the molecule is CCOc1cc2occ(-c3cccc(OC)c3)c2cc1/C(C)=C/C(=O)Nc1cccnc1. The van der Waals surface area contributed by atoms with Gasteiger partial charge in [-0.15, -0.1) is 0 Å². The predicted octanol–water partition coefficient (Wildman–Crippen LogP) is 5.94. The van der Waals surface area contributed by atoms with Gasteiger partial charge in [-0.05, 0) is 55.3 Å². The van der Waals surface area contributed by atoms with E-state index in [1.807, 2.05) is 50.2 Å². The maximum atomic E-state index is 12.5. The number of anilines is 1. The topological polar surface area (TPSA) is 73.6 Å². The van der Waals surface area contributed by atoms with E-state index in [4.69, 9.17) is 13.9 Å². The van der Waals surface area contributed by atoms with E-state index in [0.717, 1.165) is 33.4 Å². The molecule has 32 heavy (non-hydrogen) atoms. The number of ether oxygens (including phenoxy) is 2. The van der Waals surface area contributed by atoms with Crippen molar-refractivity contribution in [2.75, 3.05) is 19.0 Å². The quantitative estimate of drug-likeness (QED) is 0.369. The van der Waals surface area contributed by atoms with Gasteiger partial charge in [-0.3, -0.25) is 9.78 Å². The van der Waals surface area contributed by atoms with Crippen molar-refractivity contribution in [2.45, 2.75) is 13.8 Å². The fourth-order valence-corrected chi connectivity index (χ4v) is 3.54. The Morgan fingerprint density at radius 2 is 2.06 bits per heavy atom. The molecule has 2 aromatic heterocycles. The molecule has 0 atom stereocenters. The van der Waals surface area contributed by atoms with Crippen LogP contribution in [0.15, 0.2) is 77.7 Å². The average Bonchev–Trinajstić information content (AvgIpc) is 3.22. The number of hydrogen-bond acceptors (Lipinski definition) is 5. The second kappa shape index (κ2) is 9.39. The van der Waals surface area contributed by atoms with E-state index in [-0.39, 0.29) is 5.91 Å². The molecule has 6 nitrogen and oxygen atoms in total. The molecular weight excluding hydrogens is 404 g/mol. The van der Waals surface area contributed by atoms with Gasteiger partial charge in [0.05, 0.1) is 31.9 Å². The lowest BCUT2D eigenvalue weighted by atomic mass is 9.99. The molecule has 2 heterocycles. The lowest BCUT2D eigenvalue weighted by molar-refractivity contribution is -0.111. The molecule has 0 aliphatic carbocycles. The first kappa shape index (κ1) is 21.2. The van der Waals surface area contributed by atoms with Crippen molar-refractivity contribution in [1.29, 1.82) is 0 Å². The number of hydrogen-bond donors (Lipinski definition) is 1. The van der Waals surface area contributed by atoms with Crippen LogP contribution in [0.5, 0.6) is 11.5 Å². The van der Waals surface area contributed by atoms with Gasteiger partial charge in [0.2, 0.25) is 5.91 Å². The first-order valence-electron chi connectivity index (χ1n) is 10.3. The Balaban J connectivity index is 1.74. The van der Waals surface area contributed by atoms with Crippen LogP contribution in [-0.4, -0.2) is 24.6 Å². The van der Waals surface area contributed by atoms with E-state index in [1.54, 1.807) is 44.0 Å². The highest BCUT2D eigenvalue weighted by atomic mass is 16.5. The minimum Gasteiger partial charge on any atom is -0.497 e. The lowest BCUT2D eigenvalue weighted by Gasteiger charge is -2.12. The zero-order chi connectivity index (χ0) is 22.5. The second-order valence-electron chi connectivity index (χ2n) is 7.22. The number of fused-ring (bicyclic) bond motifs is 1. The highest BCUT2D eigenvalue weighted by Crippen LogP contribution is 2.38. The summed E-state index contributed by atoms with van der Waals surface area (Å²) >= 11 is 0. The lowest BCUT2D eigenvalue weighted by Crippen LogP contribution is -2.08. The van der Waals surface area contributed by atoms with Crippen LogP contribution in [0.1, 0.15) is 19.4 Å². The Labute approximate surface area is 186 Å². The number of carbonyl (C=O) groups is 1. The van der Waals surface area contributed by atoms with Gasteiger partial charge in [-0.1, -0.05) is 12.1 Å². The van der Waals surface area contributed by atoms with Gasteiger partial charge in [0, 0.05) is 34.9 Å². The molecule has 4 aromatic rings. The summed E-state index contributed by atoms with van der Waals surface area (Å²) in [7, 11) is 1.64. The van der Waals surface area contributed by atoms with Crippen molar-refractivity contribution in [3.8, 4) is 22.6 Å². The van der Waals surface area contributed by atoms with Gasteiger partial charge < -0.3 is 19.2 Å². The summed E-state index contributed by atoms with van der Waals surface area (Å²) in [6, 6.07) is 15.2. The highest BCUT2D eigenvalue weighted by Gasteiger charge is 2.15. The van der Waals surface area contributed by atoms with Crippen molar-refractivity contribution in [1.82, 2.24) is 4.98 Å². The Bertz CT molecular complexity index is 1280. The molecule has 1 amide bonds. The molecule has 0 saturated carbocycles. The summed E-state index contributed by atoms with van der Waals surface area (Å²) in [5.74, 6) is 1.19. The van der Waals surface area contributed by atoms with Gasteiger partial charge >= 0.3 is 0 Å². The predicted molar refractivity (Wildman–Crippen MR) is 126 cm³/mol. The number of furan rings is 1. The van der Waals surface area contributed by atoms with E-state index in [9.17, 15) is 4.79 Å². The molecule has 6 heteroatoms. The van der Waals surface area contributed by atoms with Crippen LogP contribution in [0.25, 0.3) is 27.7 Å². The summed E-state index contributed by atoms with van der Waals surface area (Å²) in [6.45, 7) is 4.31. The van der Waals surface area contributed by atoms with Crippen molar-refractivity contribution < 1.29 is 18.7 Å². The number of aromatic nitrogens is 1. The molecule has 0 radical (unpaired) electrons. The molecule has 0 saturated heterocycles. The van der Waals surface area contributed by atoms with E-state index in [0.29, 0.717) is 23.6 Å². The molecule has 162 valence electrons. The molecule has 2 aromatic carbocycles. The van der Waals surface area contributed by atoms with E-state index < -0.39 is 0 Å². The Kier molecular flexibility index (Phi) is 6.22. The van der Waals surface area contributed by atoms with E-state index in [2.05, 4.69) is 10.3 Å². The third kappa shape index (κ3) is 4.49. The fraction of sp³-hybridized carbons (Fsp3) is 0.154. The summed E-state index contributed by atoms with van der Waals surface area (Å²) in [5, 5.41) is 3.75. The molecule has 4 rings (SSSR count). The van der Waals surface area contributed by atoms with Gasteiger partial charge in [-0.2, -0.15) is 0 Å². The number of amides is 1. The van der Waals surface area contributed by atoms with Crippen LogP contribution < -0.4 is 14.8 Å². The number of nitrogens with one attached hydrogen (secondary N) is 1. The average molecular weight is 428 g/mol. The molecule has 0 unspecified atom stereocenters. The Morgan fingerprint density at radius 3 is 2.81 bits per heavy atom. The second-order valence-corrected chi connectivity index (χ2v) is 7.22. The van der Waals surface area contributed by atoms with Crippen LogP contribution in [-0.2, 0) is 4.79 Å². The van der Waals surface area contributed by atoms with Crippen molar-refractivity contribution in [3.05, 3.63) is 78.8 Å². The van der Waals surface area contributed by atoms with Gasteiger partial charge in [0.15, 0.2) is 0 Å². The molecule has 0 bridgehead atoms. The third-order valence-corrected chi connectivity index (χ3v) is 5.06. The molecule has 0 aliphatic rings. The van der Waals surface area contributed by atoms with Crippen LogP contribution in [0.2, 0.25) is 0 Å². The summed E-state index contributed by atoms with van der Waals surface area (Å²) in [5.41, 5.74) is 4.87. The molecule has 0 spiro atoms. The molecule has 0 fully saturated rings. The van der Waals surface area contributed by atoms with Crippen molar-refractivity contribution in [3.63, 3.8) is 0 Å². The largest absolute Gasteiger partial charge is 0.497 e. The van der Waals surface area contributed by atoms with Crippen molar-refractivity contribution >= 4 is 28.1 Å². The first-order chi connectivity index (χ1) is 15.6. The fourth-order valence-electron chi connectivity index (χ4n) is 3.54. The highest BCUT2D eigenvalue weighted by molar-refractivity contribution is 6.05. The number of methoxy groups -OCH3 is 1. The summed E-state index contributed by atoms with van der Waals surface area (Å²) in [4.78, 5) is 16.6. The minimum absolute atomic E-state index is 0.238. The number of nitrogens with zero attached hydrogens (tertiary/aromatic N) is 1.